The Labute approximate surface area is 259 Å². The number of oxazole rings is 1. The van der Waals surface area contributed by atoms with Crippen molar-refractivity contribution >= 4 is 51.4 Å². The number of nitrogens with zero attached hydrogens (tertiary/aromatic N) is 2. The number of aryl methyl sites for hydroxylation is 1. The van der Waals surface area contributed by atoms with Crippen LogP contribution >= 0.6 is 11.8 Å². The SMILES string of the molecule is CC[n+]1c(/C=C2/C=C3C=C(/C=C4\Sc5cc6c(cc5N4CCC(=O)O)OCO6)CCC3CC2)oc2ccc3ccccc3c21. The number of anilines is 1. The first kappa shape index (κ1) is 27.1. The quantitative estimate of drug-likeness (QED) is 0.223. The molecule has 1 atom stereocenters. The van der Waals surface area contributed by atoms with E-state index < -0.39 is 5.97 Å². The van der Waals surface area contributed by atoms with Gasteiger partial charge < -0.3 is 23.9 Å². The van der Waals surface area contributed by atoms with Crippen molar-refractivity contribution in [3.05, 3.63) is 94.4 Å². The second kappa shape index (κ2) is 10.9. The molecule has 8 rings (SSSR count). The number of aliphatic carboxylic acids is 1. The van der Waals surface area contributed by atoms with Crippen molar-refractivity contribution in [2.75, 3.05) is 18.2 Å². The summed E-state index contributed by atoms with van der Waals surface area (Å²) < 4.78 is 19.9. The lowest BCUT2D eigenvalue weighted by Crippen LogP contribution is -2.34. The molecule has 1 aromatic heterocycles. The van der Waals surface area contributed by atoms with Crippen LogP contribution in [-0.4, -0.2) is 24.4 Å². The number of thioether (sulfide) groups is 1. The number of aromatic nitrogens is 1. The largest absolute Gasteiger partial charge is 0.481 e. The molecular weight excluding hydrogens is 572 g/mol. The van der Waals surface area contributed by atoms with Crippen LogP contribution in [0.3, 0.4) is 0 Å². The van der Waals surface area contributed by atoms with Crippen molar-refractivity contribution in [2.24, 2.45) is 5.92 Å². The van der Waals surface area contributed by atoms with Gasteiger partial charge in [-0.1, -0.05) is 48.2 Å². The van der Waals surface area contributed by atoms with E-state index in [0.29, 0.717) is 18.2 Å². The minimum absolute atomic E-state index is 0.0571. The van der Waals surface area contributed by atoms with Crippen LogP contribution in [0.15, 0.2) is 97.8 Å². The van der Waals surface area contributed by atoms with Gasteiger partial charge in [0.05, 0.1) is 28.6 Å². The molecule has 222 valence electrons. The van der Waals surface area contributed by atoms with E-state index in [1.807, 2.05) is 12.1 Å². The van der Waals surface area contributed by atoms with Gasteiger partial charge >= 0.3 is 11.9 Å². The highest BCUT2D eigenvalue weighted by atomic mass is 32.2. The van der Waals surface area contributed by atoms with Gasteiger partial charge in [-0.3, -0.25) is 4.79 Å². The number of rotatable bonds is 6. The fourth-order valence-corrected chi connectivity index (χ4v) is 8.06. The molecule has 2 aliphatic heterocycles. The fraction of sp³-hybridized carbons (Fsp3) is 0.278. The third kappa shape index (κ3) is 4.78. The Morgan fingerprint density at radius 2 is 1.91 bits per heavy atom. The van der Waals surface area contributed by atoms with Crippen molar-refractivity contribution in [1.82, 2.24) is 0 Å². The van der Waals surface area contributed by atoms with Gasteiger partial charge in [0.15, 0.2) is 11.5 Å². The third-order valence-electron chi connectivity index (χ3n) is 9.06. The van der Waals surface area contributed by atoms with Gasteiger partial charge in [-0.25, -0.2) is 0 Å². The molecular formula is C36H33N2O5S+. The summed E-state index contributed by atoms with van der Waals surface area (Å²) in [4.78, 5) is 14.7. The molecule has 0 radical (unpaired) electrons. The van der Waals surface area contributed by atoms with Gasteiger partial charge in [-0.2, -0.15) is 4.57 Å². The molecule has 7 nitrogen and oxygen atoms in total. The highest BCUT2D eigenvalue weighted by Crippen LogP contribution is 2.52. The van der Waals surface area contributed by atoms with Crippen LogP contribution in [0.2, 0.25) is 0 Å². The average molecular weight is 606 g/mol. The van der Waals surface area contributed by atoms with Crippen molar-refractivity contribution in [3.8, 4) is 11.5 Å². The number of carboxylic acids is 1. The number of ether oxygens (including phenoxy) is 2. The molecule has 0 fully saturated rings. The molecule has 0 saturated carbocycles. The van der Waals surface area contributed by atoms with E-state index in [-0.39, 0.29) is 13.2 Å². The number of carbonyl (C=O) groups is 1. The summed E-state index contributed by atoms with van der Waals surface area (Å²) >= 11 is 1.67. The lowest BCUT2D eigenvalue weighted by atomic mass is 9.77. The monoisotopic (exact) mass is 605 g/mol. The second-order valence-corrected chi connectivity index (χ2v) is 12.8. The maximum absolute atomic E-state index is 11.5. The van der Waals surface area contributed by atoms with E-state index in [1.165, 1.54) is 27.5 Å². The summed E-state index contributed by atoms with van der Waals surface area (Å²) in [6.45, 7) is 3.61. The minimum atomic E-state index is -0.808. The van der Waals surface area contributed by atoms with Crippen LogP contribution in [0, 0.1) is 5.92 Å². The first-order valence-corrected chi connectivity index (χ1v) is 16.1. The Bertz CT molecular complexity index is 1970. The van der Waals surface area contributed by atoms with Crippen LogP contribution in [0.1, 0.15) is 44.9 Å². The highest BCUT2D eigenvalue weighted by molar-refractivity contribution is 8.03. The first-order chi connectivity index (χ1) is 21.5. The third-order valence-corrected chi connectivity index (χ3v) is 10.2. The van der Waals surface area contributed by atoms with Crippen molar-refractivity contribution in [3.63, 3.8) is 0 Å². The topological polar surface area (TPSA) is 76.0 Å². The summed E-state index contributed by atoms with van der Waals surface area (Å²) in [6.07, 6.45) is 13.5. The Hall–Kier alpha value is -4.43. The normalized spacial score (nSPS) is 20.8. The average Bonchev–Trinajstić information content (AvgIpc) is 3.73. The van der Waals surface area contributed by atoms with Crippen molar-refractivity contribution < 1.29 is 28.4 Å². The molecule has 8 heteroatoms. The number of hydrogen-bond acceptors (Lipinski definition) is 6. The van der Waals surface area contributed by atoms with E-state index in [9.17, 15) is 9.90 Å². The number of allylic oxidation sites excluding steroid dienone is 6. The van der Waals surface area contributed by atoms with Crippen molar-refractivity contribution in [1.29, 1.82) is 0 Å². The molecule has 3 aromatic carbocycles. The standard InChI is InChI=1S/C36H32N2O5S/c1-2-37-33(43-29-12-11-25-5-3-4-6-27(25)36(29)37)17-22-7-9-24-10-8-23(16-26(24)15-22)18-34-38(14-13-35(39)40)28-19-30-31(42-21-41-30)20-32(28)44-34/h3-6,11-12,15-20,24H,2,7-10,13-14,21H2,1H3/p+1. The molecule has 44 heavy (non-hydrogen) atoms. The van der Waals surface area contributed by atoms with Gasteiger partial charge in [0.25, 0.3) is 5.52 Å². The summed E-state index contributed by atoms with van der Waals surface area (Å²) in [5, 5.41) is 12.9. The molecule has 0 bridgehead atoms. The smallest absolute Gasteiger partial charge is 0.374 e. The molecule has 0 saturated heterocycles. The molecule has 0 amide bonds. The Morgan fingerprint density at radius 3 is 2.77 bits per heavy atom. The highest BCUT2D eigenvalue weighted by Gasteiger charge is 2.31. The van der Waals surface area contributed by atoms with Gasteiger partial charge in [0.2, 0.25) is 12.4 Å². The summed E-state index contributed by atoms with van der Waals surface area (Å²) in [5.74, 6) is 2.09. The second-order valence-electron chi connectivity index (χ2n) is 11.7. The van der Waals surface area contributed by atoms with Crippen LogP contribution in [0.25, 0.3) is 27.9 Å². The van der Waals surface area contributed by atoms with E-state index in [0.717, 1.165) is 70.6 Å². The zero-order valence-electron chi connectivity index (χ0n) is 24.5. The number of benzene rings is 3. The predicted octanol–water partition coefficient (Wildman–Crippen LogP) is 7.99. The van der Waals surface area contributed by atoms with Crippen LogP contribution in [-0.2, 0) is 11.3 Å². The Balaban J connectivity index is 1.12. The number of carboxylic acid groups (broad SMARTS) is 1. The molecule has 1 N–H and O–H groups in total. The van der Waals surface area contributed by atoms with E-state index in [4.69, 9.17) is 13.9 Å². The minimum Gasteiger partial charge on any atom is -0.481 e. The summed E-state index contributed by atoms with van der Waals surface area (Å²) in [7, 11) is 0. The number of hydrogen-bond donors (Lipinski definition) is 1. The summed E-state index contributed by atoms with van der Waals surface area (Å²) in [5.41, 5.74) is 6.96. The van der Waals surface area contributed by atoms with Crippen LogP contribution < -0.4 is 18.9 Å². The zero-order chi connectivity index (χ0) is 29.8. The van der Waals surface area contributed by atoms with E-state index in [2.05, 4.69) is 77.1 Å². The van der Waals surface area contributed by atoms with Gasteiger partial charge in [-0.05, 0) is 78.8 Å². The molecule has 2 aliphatic carbocycles. The zero-order valence-corrected chi connectivity index (χ0v) is 25.4. The molecule has 3 heterocycles. The lowest BCUT2D eigenvalue weighted by molar-refractivity contribution is -0.673. The maximum Gasteiger partial charge on any atom is 0.374 e. The fourth-order valence-electron chi connectivity index (χ4n) is 6.89. The first-order valence-electron chi connectivity index (χ1n) is 15.3. The van der Waals surface area contributed by atoms with E-state index >= 15 is 0 Å². The van der Waals surface area contributed by atoms with E-state index in [1.54, 1.807) is 11.8 Å². The lowest BCUT2D eigenvalue weighted by Gasteiger charge is -2.28. The van der Waals surface area contributed by atoms with Gasteiger partial charge in [-0.15, -0.1) is 0 Å². The summed E-state index contributed by atoms with van der Waals surface area (Å²) in [6, 6.07) is 16.7. The Morgan fingerprint density at radius 1 is 1.07 bits per heavy atom. The van der Waals surface area contributed by atoms with Gasteiger partial charge in [0, 0.05) is 23.6 Å². The predicted molar refractivity (Wildman–Crippen MR) is 172 cm³/mol. The molecule has 4 aromatic rings. The molecule has 1 unspecified atom stereocenters. The van der Waals surface area contributed by atoms with Gasteiger partial charge in [0.1, 0.15) is 6.54 Å². The van der Waals surface area contributed by atoms with Crippen LogP contribution in [0.5, 0.6) is 11.5 Å². The molecule has 0 spiro atoms. The number of fused-ring (bicyclic) bond motifs is 6. The van der Waals surface area contributed by atoms with Crippen LogP contribution in [0.4, 0.5) is 5.69 Å². The Kier molecular flexibility index (Phi) is 6.74. The maximum atomic E-state index is 11.5. The van der Waals surface area contributed by atoms with Crippen molar-refractivity contribution in [2.45, 2.75) is 50.5 Å². The molecule has 4 aliphatic rings.